The molecule has 0 radical (unpaired) electrons. The maximum absolute atomic E-state index is 12.8. The Balaban J connectivity index is 2.53. The fraction of sp³-hybridized carbons (Fsp3) is 0.562. The smallest absolute Gasteiger partial charge is 0.416 e. The van der Waals surface area contributed by atoms with Crippen LogP contribution in [0.3, 0.4) is 0 Å². The number of benzene rings is 1. The average molecular weight is 410 g/mol. The number of alkyl halides is 3. The van der Waals surface area contributed by atoms with E-state index in [0.29, 0.717) is 25.5 Å². The summed E-state index contributed by atoms with van der Waals surface area (Å²) in [5, 5.41) is 5.92. The summed E-state index contributed by atoms with van der Waals surface area (Å²) in [6.07, 6.45) is -3.17. The van der Waals surface area contributed by atoms with Crippen LogP contribution in [0, 0.1) is 0 Å². The van der Waals surface area contributed by atoms with E-state index in [-0.39, 0.29) is 18.4 Å². The quantitative estimate of drug-likeness (QED) is 0.327. The fourth-order valence-electron chi connectivity index (χ4n) is 2.06. The lowest BCUT2D eigenvalue weighted by Crippen LogP contribution is -2.44. The standard InChI is InChI=1S/C16H25F3N4O3S/c1-4-13(26-14-7-5-6-12(10-14)16(17,18)19)11-22-15(20-2)21-8-9-23-27(3,24)25/h5-7,10,13,23H,4,8-9,11H2,1-3H3,(H2,20,21,22). The number of sulfonamides is 1. The third kappa shape index (κ3) is 9.48. The van der Waals surface area contributed by atoms with Gasteiger partial charge in [0.25, 0.3) is 0 Å². The van der Waals surface area contributed by atoms with Crippen molar-refractivity contribution in [2.45, 2.75) is 25.6 Å². The van der Waals surface area contributed by atoms with Gasteiger partial charge in [-0.05, 0) is 24.6 Å². The number of nitrogens with zero attached hydrogens (tertiary/aromatic N) is 1. The summed E-state index contributed by atoms with van der Waals surface area (Å²) in [5.74, 6) is 0.565. The number of hydrogen-bond donors (Lipinski definition) is 3. The van der Waals surface area contributed by atoms with E-state index in [1.54, 1.807) is 7.05 Å². The molecule has 27 heavy (non-hydrogen) atoms. The molecular weight excluding hydrogens is 385 g/mol. The van der Waals surface area contributed by atoms with Gasteiger partial charge in [-0.25, -0.2) is 13.1 Å². The van der Waals surface area contributed by atoms with Crippen molar-refractivity contribution in [3.63, 3.8) is 0 Å². The molecular formula is C16H25F3N4O3S. The Morgan fingerprint density at radius 2 is 1.96 bits per heavy atom. The minimum atomic E-state index is -4.43. The zero-order valence-electron chi connectivity index (χ0n) is 15.4. The summed E-state index contributed by atoms with van der Waals surface area (Å²) >= 11 is 0. The molecule has 0 fully saturated rings. The minimum absolute atomic E-state index is 0.138. The van der Waals surface area contributed by atoms with Crippen molar-refractivity contribution in [1.82, 2.24) is 15.4 Å². The number of rotatable bonds is 9. The van der Waals surface area contributed by atoms with E-state index < -0.39 is 21.8 Å². The molecule has 3 N–H and O–H groups in total. The van der Waals surface area contributed by atoms with Crippen molar-refractivity contribution in [3.05, 3.63) is 29.8 Å². The highest BCUT2D eigenvalue weighted by atomic mass is 32.2. The first-order chi connectivity index (χ1) is 12.5. The topological polar surface area (TPSA) is 91.8 Å². The molecule has 1 aromatic carbocycles. The molecule has 0 aliphatic carbocycles. The molecule has 0 aliphatic heterocycles. The lowest BCUT2D eigenvalue weighted by atomic mass is 10.2. The largest absolute Gasteiger partial charge is 0.489 e. The molecule has 0 spiro atoms. The molecule has 154 valence electrons. The summed E-state index contributed by atoms with van der Waals surface area (Å²) in [6, 6.07) is 4.73. The second-order valence-electron chi connectivity index (χ2n) is 5.72. The van der Waals surface area contributed by atoms with Gasteiger partial charge < -0.3 is 15.4 Å². The Bertz CT molecular complexity index is 724. The zero-order chi connectivity index (χ0) is 20.5. The van der Waals surface area contributed by atoms with Crippen LogP contribution in [-0.2, 0) is 16.2 Å². The Morgan fingerprint density at radius 3 is 2.52 bits per heavy atom. The van der Waals surface area contributed by atoms with Gasteiger partial charge >= 0.3 is 6.18 Å². The highest BCUT2D eigenvalue weighted by Crippen LogP contribution is 2.31. The molecule has 0 amide bonds. The van der Waals surface area contributed by atoms with Crippen LogP contribution in [0.15, 0.2) is 29.3 Å². The van der Waals surface area contributed by atoms with E-state index in [2.05, 4.69) is 20.3 Å². The molecule has 0 aromatic heterocycles. The van der Waals surface area contributed by atoms with Crippen molar-refractivity contribution < 1.29 is 26.3 Å². The molecule has 0 saturated carbocycles. The second kappa shape index (κ2) is 10.4. The maximum atomic E-state index is 12.8. The summed E-state index contributed by atoms with van der Waals surface area (Å²) in [5.41, 5.74) is -0.765. The van der Waals surface area contributed by atoms with Crippen molar-refractivity contribution in [1.29, 1.82) is 0 Å². The van der Waals surface area contributed by atoms with Gasteiger partial charge in [-0.2, -0.15) is 13.2 Å². The lowest BCUT2D eigenvalue weighted by Gasteiger charge is -2.20. The van der Waals surface area contributed by atoms with Crippen LogP contribution in [0.1, 0.15) is 18.9 Å². The molecule has 0 saturated heterocycles. The van der Waals surface area contributed by atoms with Gasteiger partial charge in [-0.15, -0.1) is 0 Å². The maximum Gasteiger partial charge on any atom is 0.416 e. The van der Waals surface area contributed by atoms with E-state index in [9.17, 15) is 21.6 Å². The summed E-state index contributed by atoms with van der Waals surface area (Å²) < 4.78 is 68.3. The Kier molecular flexibility index (Phi) is 8.83. The third-order valence-corrected chi connectivity index (χ3v) is 4.15. The second-order valence-corrected chi connectivity index (χ2v) is 7.55. The monoisotopic (exact) mass is 410 g/mol. The molecule has 0 aliphatic rings. The van der Waals surface area contributed by atoms with Gasteiger partial charge in [0.1, 0.15) is 11.9 Å². The van der Waals surface area contributed by atoms with E-state index >= 15 is 0 Å². The van der Waals surface area contributed by atoms with E-state index in [1.807, 2.05) is 6.92 Å². The lowest BCUT2D eigenvalue weighted by molar-refractivity contribution is -0.137. The number of aliphatic imine (C=N–C) groups is 1. The van der Waals surface area contributed by atoms with Crippen molar-refractivity contribution in [2.75, 3.05) is 32.9 Å². The molecule has 1 rings (SSSR count). The van der Waals surface area contributed by atoms with Crippen LogP contribution < -0.4 is 20.1 Å². The molecule has 1 aromatic rings. The van der Waals surface area contributed by atoms with E-state index in [4.69, 9.17) is 4.74 Å². The summed E-state index contributed by atoms with van der Waals surface area (Å²) in [4.78, 5) is 3.99. The number of nitrogens with one attached hydrogen (secondary N) is 3. The Labute approximate surface area is 157 Å². The first-order valence-corrected chi connectivity index (χ1v) is 10.2. The van der Waals surface area contributed by atoms with Gasteiger partial charge in [0.15, 0.2) is 5.96 Å². The summed E-state index contributed by atoms with van der Waals surface area (Å²) in [6.45, 7) is 2.67. The van der Waals surface area contributed by atoms with Gasteiger partial charge in [0, 0.05) is 20.1 Å². The molecule has 0 bridgehead atoms. The predicted molar refractivity (Wildman–Crippen MR) is 98.4 cm³/mol. The normalized spacial score (nSPS) is 13.9. The van der Waals surface area contributed by atoms with Gasteiger partial charge in [-0.3, -0.25) is 4.99 Å². The molecule has 0 heterocycles. The van der Waals surface area contributed by atoms with Crippen molar-refractivity contribution in [2.24, 2.45) is 4.99 Å². The fourth-order valence-corrected chi connectivity index (χ4v) is 2.53. The number of ether oxygens (including phenoxy) is 1. The van der Waals surface area contributed by atoms with Gasteiger partial charge in [-0.1, -0.05) is 13.0 Å². The molecule has 11 heteroatoms. The first kappa shape index (κ1) is 23.0. The number of halogens is 3. The van der Waals surface area contributed by atoms with Gasteiger partial charge in [0.05, 0.1) is 18.4 Å². The zero-order valence-corrected chi connectivity index (χ0v) is 16.2. The van der Waals surface area contributed by atoms with Crippen LogP contribution in [0.5, 0.6) is 5.75 Å². The predicted octanol–water partition coefficient (Wildman–Crippen LogP) is 1.58. The minimum Gasteiger partial charge on any atom is -0.489 e. The molecule has 1 atom stereocenters. The van der Waals surface area contributed by atoms with Crippen LogP contribution >= 0.6 is 0 Å². The van der Waals surface area contributed by atoms with Crippen LogP contribution in [0.2, 0.25) is 0 Å². The van der Waals surface area contributed by atoms with E-state index in [0.717, 1.165) is 18.4 Å². The van der Waals surface area contributed by atoms with Crippen molar-refractivity contribution in [3.8, 4) is 5.75 Å². The molecule has 7 nitrogen and oxygen atoms in total. The highest BCUT2D eigenvalue weighted by Gasteiger charge is 2.30. The highest BCUT2D eigenvalue weighted by molar-refractivity contribution is 7.88. The van der Waals surface area contributed by atoms with Crippen LogP contribution in [-0.4, -0.2) is 53.4 Å². The first-order valence-electron chi connectivity index (χ1n) is 8.28. The Morgan fingerprint density at radius 1 is 1.26 bits per heavy atom. The Hall–Kier alpha value is -2.01. The van der Waals surface area contributed by atoms with Crippen molar-refractivity contribution >= 4 is 16.0 Å². The average Bonchev–Trinajstić information content (AvgIpc) is 2.58. The van der Waals surface area contributed by atoms with Gasteiger partial charge in [0.2, 0.25) is 10.0 Å². The SMILES string of the molecule is CCC(CNC(=NC)NCCNS(C)(=O)=O)Oc1cccc(C(F)(F)F)c1. The van der Waals surface area contributed by atoms with Crippen LogP contribution in [0.25, 0.3) is 0 Å². The number of guanidine groups is 1. The van der Waals surface area contributed by atoms with E-state index in [1.165, 1.54) is 12.1 Å². The van der Waals surface area contributed by atoms with Crippen LogP contribution in [0.4, 0.5) is 13.2 Å². The molecule has 1 unspecified atom stereocenters. The third-order valence-electron chi connectivity index (χ3n) is 3.42. The summed E-state index contributed by atoms with van der Waals surface area (Å²) in [7, 11) is -1.71. The number of hydrogen-bond acceptors (Lipinski definition) is 4.